The maximum atomic E-state index is 2.80. The van der Waals surface area contributed by atoms with Crippen LogP contribution in [0.15, 0.2) is 0 Å². The van der Waals surface area contributed by atoms with Gasteiger partial charge in [-0.05, 0) is 44.7 Å². The summed E-state index contributed by atoms with van der Waals surface area (Å²) in [6.45, 7) is 5.49. The lowest BCUT2D eigenvalue weighted by atomic mass is 9.76. The lowest BCUT2D eigenvalue weighted by Gasteiger charge is -2.52. The van der Waals surface area contributed by atoms with E-state index in [9.17, 15) is 0 Å². The Balaban J connectivity index is 1.76. The third-order valence-corrected chi connectivity index (χ3v) is 4.45. The Morgan fingerprint density at radius 3 is 2.93 bits per heavy atom. The van der Waals surface area contributed by atoms with Gasteiger partial charge in [0.1, 0.15) is 0 Å². The first kappa shape index (κ1) is 9.17. The predicted molar refractivity (Wildman–Crippen MR) is 58.3 cm³/mol. The highest BCUT2D eigenvalue weighted by Crippen LogP contribution is 2.36. The van der Waals surface area contributed by atoms with Gasteiger partial charge in [0.25, 0.3) is 0 Å². The van der Waals surface area contributed by atoms with Crippen molar-refractivity contribution in [1.82, 2.24) is 9.80 Å². The normalized spacial score (nSPS) is 44.8. The first-order valence-electron chi connectivity index (χ1n) is 6.25. The van der Waals surface area contributed by atoms with Crippen molar-refractivity contribution >= 4 is 0 Å². The van der Waals surface area contributed by atoms with Gasteiger partial charge in [0.05, 0.1) is 0 Å². The number of likely N-dealkylation sites (tertiary alicyclic amines) is 1. The van der Waals surface area contributed by atoms with Gasteiger partial charge in [0.15, 0.2) is 0 Å². The third kappa shape index (κ3) is 1.49. The van der Waals surface area contributed by atoms with Crippen LogP contribution in [0.2, 0.25) is 0 Å². The number of nitrogens with zero attached hydrogens (tertiary/aromatic N) is 2. The molecule has 3 aliphatic heterocycles. The Morgan fingerprint density at radius 1 is 1.07 bits per heavy atom. The summed E-state index contributed by atoms with van der Waals surface area (Å²) in [6, 6.07) is 0.947. The number of rotatable bonds is 0. The van der Waals surface area contributed by atoms with Crippen molar-refractivity contribution in [3.8, 4) is 0 Å². The topological polar surface area (TPSA) is 6.48 Å². The molecule has 3 fully saturated rings. The minimum absolute atomic E-state index is 0.947. The first-order chi connectivity index (χ1) is 6.83. The minimum Gasteiger partial charge on any atom is -0.306 e. The molecule has 0 amide bonds. The molecule has 0 aromatic carbocycles. The van der Waals surface area contributed by atoms with Crippen LogP contribution in [0.4, 0.5) is 0 Å². The zero-order chi connectivity index (χ0) is 9.54. The third-order valence-electron chi connectivity index (χ3n) is 4.45. The molecule has 2 bridgehead atoms. The van der Waals surface area contributed by atoms with Gasteiger partial charge in [-0.3, -0.25) is 4.90 Å². The highest BCUT2D eigenvalue weighted by atomic mass is 15.2. The van der Waals surface area contributed by atoms with Crippen molar-refractivity contribution in [3.63, 3.8) is 0 Å². The molecule has 0 N–H and O–H groups in total. The second-order valence-electron chi connectivity index (χ2n) is 5.64. The van der Waals surface area contributed by atoms with Gasteiger partial charge in [0, 0.05) is 25.7 Å². The molecule has 3 heterocycles. The molecule has 0 aromatic heterocycles. The van der Waals surface area contributed by atoms with Crippen LogP contribution in [-0.2, 0) is 0 Å². The highest BCUT2D eigenvalue weighted by Gasteiger charge is 2.40. The van der Waals surface area contributed by atoms with Gasteiger partial charge in [-0.25, -0.2) is 0 Å². The summed E-state index contributed by atoms with van der Waals surface area (Å²) in [7, 11) is 2.30. The van der Waals surface area contributed by atoms with Gasteiger partial charge in [-0.2, -0.15) is 0 Å². The van der Waals surface area contributed by atoms with Crippen LogP contribution in [0.5, 0.6) is 0 Å². The van der Waals surface area contributed by atoms with Crippen molar-refractivity contribution in [2.45, 2.75) is 31.7 Å². The molecule has 0 saturated carbocycles. The quantitative estimate of drug-likeness (QED) is 0.575. The van der Waals surface area contributed by atoms with E-state index < -0.39 is 0 Å². The number of fused-ring (bicyclic) bond motifs is 4. The standard InChI is InChI=1S/C12H22N2/c1-13-7-10-6-11(9-13)12-4-2-3-5-14(12)8-10/h10-12H,2-9H2,1H3/t10-,11?,12-/m1/s1. The molecule has 14 heavy (non-hydrogen) atoms. The molecule has 1 unspecified atom stereocenters. The summed E-state index contributed by atoms with van der Waals surface area (Å²) in [6.07, 6.45) is 5.93. The fourth-order valence-electron chi connectivity index (χ4n) is 4.01. The molecule has 0 aliphatic carbocycles. The summed E-state index contributed by atoms with van der Waals surface area (Å²) in [4.78, 5) is 5.36. The molecule has 80 valence electrons. The molecular formula is C12H22N2. The molecule has 0 radical (unpaired) electrons. The fourth-order valence-corrected chi connectivity index (χ4v) is 4.01. The lowest BCUT2D eigenvalue weighted by molar-refractivity contribution is -0.0231. The van der Waals surface area contributed by atoms with Gasteiger partial charge >= 0.3 is 0 Å². The first-order valence-corrected chi connectivity index (χ1v) is 6.25. The van der Waals surface area contributed by atoms with Crippen LogP contribution >= 0.6 is 0 Å². The SMILES string of the molecule is CN1CC2C[C@H](C1)CN1CCCC[C@H]21. The van der Waals surface area contributed by atoms with E-state index in [1.165, 1.54) is 51.9 Å². The van der Waals surface area contributed by atoms with Crippen LogP contribution in [0.25, 0.3) is 0 Å². The average Bonchev–Trinajstić information content (AvgIpc) is 2.17. The van der Waals surface area contributed by atoms with Crippen molar-refractivity contribution in [2.75, 3.05) is 33.2 Å². The summed E-state index contributed by atoms with van der Waals surface area (Å²) in [5.74, 6) is 1.97. The van der Waals surface area contributed by atoms with E-state index in [0.29, 0.717) is 0 Å². The Hall–Kier alpha value is -0.0800. The van der Waals surface area contributed by atoms with E-state index in [2.05, 4.69) is 16.8 Å². The Kier molecular flexibility index (Phi) is 2.29. The molecule has 2 nitrogen and oxygen atoms in total. The molecule has 0 aromatic rings. The molecule has 0 spiro atoms. The maximum Gasteiger partial charge on any atom is 0.0136 e. The minimum atomic E-state index is 0.947. The number of piperidine rings is 3. The van der Waals surface area contributed by atoms with Crippen LogP contribution in [0, 0.1) is 11.8 Å². The van der Waals surface area contributed by atoms with E-state index in [4.69, 9.17) is 0 Å². The zero-order valence-electron chi connectivity index (χ0n) is 9.28. The van der Waals surface area contributed by atoms with E-state index in [1.807, 2.05) is 0 Å². The van der Waals surface area contributed by atoms with E-state index in [1.54, 1.807) is 0 Å². The van der Waals surface area contributed by atoms with Crippen LogP contribution < -0.4 is 0 Å². The van der Waals surface area contributed by atoms with E-state index >= 15 is 0 Å². The Morgan fingerprint density at radius 2 is 2.00 bits per heavy atom. The van der Waals surface area contributed by atoms with Gasteiger partial charge in [-0.1, -0.05) is 6.42 Å². The number of hydrogen-bond acceptors (Lipinski definition) is 2. The summed E-state index contributed by atoms with van der Waals surface area (Å²) in [5.41, 5.74) is 0. The van der Waals surface area contributed by atoms with E-state index in [0.717, 1.165) is 17.9 Å². The van der Waals surface area contributed by atoms with Crippen molar-refractivity contribution in [2.24, 2.45) is 11.8 Å². The predicted octanol–water partition coefficient (Wildman–Crippen LogP) is 1.42. The van der Waals surface area contributed by atoms with Gasteiger partial charge in [0.2, 0.25) is 0 Å². The van der Waals surface area contributed by atoms with Crippen molar-refractivity contribution in [3.05, 3.63) is 0 Å². The summed E-state index contributed by atoms with van der Waals surface area (Å²) >= 11 is 0. The fraction of sp³-hybridized carbons (Fsp3) is 1.00. The highest BCUT2D eigenvalue weighted by molar-refractivity contribution is 4.94. The molecule has 3 rings (SSSR count). The second kappa shape index (κ2) is 3.49. The van der Waals surface area contributed by atoms with E-state index in [-0.39, 0.29) is 0 Å². The number of hydrogen-bond donors (Lipinski definition) is 0. The van der Waals surface area contributed by atoms with Gasteiger partial charge in [-0.15, -0.1) is 0 Å². The second-order valence-corrected chi connectivity index (χ2v) is 5.64. The summed E-state index contributed by atoms with van der Waals surface area (Å²) < 4.78 is 0. The molecule has 2 heteroatoms. The van der Waals surface area contributed by atoms with Crippen LogP contribution in [0.3, 0.4) is 0 Å². The molecule has 3 saturated heterocycles. The maximum absolute atomic E-state index is 2.80. The zero-order valence-corrected chi connectivity index (χ0v) is 9.28. The monoisotopic (exact) mass is 194 g/mol. The average molecular weight is 194 g/mol. The largest absolute Gasteiger partial charge is 0.306 e. The van der Waals surface area contributed by atoms with Crippen LogP contribution in [-0.4, -0.2) is 49.1 Å². The van der Waals surface area contributed by atoms with Gasteiger partial charge < -0.3 is 4.90 Å². The van der Waals surface area contributed by atoms with Crippen molar-refractivity contribution < 1.29 is 0 Å². The Labute approximate surface area is 87.3 Å². The molecule has 3 aliphatic rings. The lowest BCUT2D eigenvalue weighted by Crippen LogP contribution is -2.58. The molecular weight excluding hydrogens is 172 g/mol. The smallest absolute Gasteiger partial charge is 0.0136 e. The van der Waals surface area contributed by atoms with Crippen molar-refractivity contribution in [1.29, 1.82) is 0 Å². The van der Waals surface area contributed by atoms with Crippen LogP contribution in [0.1, 0.15) is 25.7 Å². The summed E-state index contributed by atoms with van der Waals surface area (Å²) in [5, 5.41) is 0. The molecule has 3 atom stereocenters. The Bertz CT molecular complexity index is 214.